The van der Waals surface area contributed by atoms with E-state index in [1.165, 1.54) is 12.8 Å². The van der Waals surface area contributed by atoms with Crippen LogP contribution < -0.4 is 15.4 Å². The van der Waals surface area contributed by atoms with Gasteiger partial charge in [0.15, 0.2) is 0 Å². The van der Waals surface area contributed by atoms with Crippen molar-refractivity contribution in [3.05, 3.63) is 71.8 Å². The highest BCUT2D eigenvalue weighted by molar-refractivity contribution is 5.90. The van der Waals surface area contributed by atoms with Gasteiger partial charge in [0.25, 0.3) is 0 Å². The fourth-order valence-corrected chi connectivity index (χ4v) is 4.54. The number of benzene rings is 1. The highest BCUT2D eigenvalue weighted by Gasteiger charge is 2.31. The highest BCUT2D eigenvalue weighted by Crippen LogP contribution is 2.41. The second-order valence-corrected chi connectivity index (χ2v) is 9.17. The Morgan fingerprint density at radius 1 is 1.17 bits per heavy atom. The summed E-state index contributed by atoms with van der Waals surface area (Å²) in [4.78, 5) is 22.2. The molecule has 0 atom stereocenters. The number of rotatable bonds is 6. The van der Waals surface area contributed by atoms with Gasteiger partial charge in [-0.05, 0) is 37.1 Å². The minimum absolute atomic E-state index is 0.296. The molecule has 0 bridgehead atoms. The lowest BCUT2D eigenvalue weighted by molar-refractivity contribution is 0.0695. The second kappa shape index (κ2) is 10.2. The van der Waals surface area contributed by atoms with Gasteiger partial charge >= 0.3 is 5.97 Å². The Bertz CT molecular complexity index is 1370. The zero-order chi connectivity index (χ0) is 25.1. The molecule has 1 aromatic carbocycles. The number of carboxylic acids is 1. The van der Waals surface area contributed by atoms with Crippen molar-refractivity contribution in [3.63, 3.8) is 0 Å². The molecule has 0 amide bonds. The van der Waals surface area contributed by atoms with Crippen LogP contribution in [-0.4, -0.2) is 51.0 Å². The maximum Gasteiger partial charge on any atom is 0.339 e. The Hall–Kier alpha value is -4.14. The molecule has 3 aromatic heterocycles. The van der Waals surface area contributed by atoms with E-state index in [9.17, 15) is 9.90 Å². The average molecular weight is 487 g/mol. The van der Waals surface area contributed by atoms with E-state index in [-0.39, 0.29) is 0 Å². The van der Waals surface area contributed by atoms with Gasteiger partial charge in [-0.3, -0.25) is 4.68 Å². The van der Waals surface area contributed by atoms with Crippen LogP contribution >= 0.6 is 0 Å². The van der Waals surface area contributed by atoms with E-state index in [1.54, 1.807) is 24.2 Å². The number of aromatic carboxylic acids is 1. The maximum absolute atomic E-state index is 11.4. The third kappa shape index (κ3) is 5.10. The summed E-state index contributed by atoms with van der Waals surface area (Å²) in [7, 11) is 1.65. The molecule has 9 heteroatoms. The van der Waals surface area contributed by atoms with Crippen LogP contribution in [0, 0.1) is 0 Å². The Morgan fingerprint density at radius 3 is 2.64 bits per heavy atom. The fourth-order valence-electron chi connectivity index (χ4n) is 4.54. The average Bonchev–Trinajstić information content (AvgIpc) is 3.41. The van der Waals surface area contributed by atoms with E-state index in [0.717, 1.165) is 53.8 Å². The first-order valence-corrected chi connectivity index (χ1v) is 12.2. The molecular formula is C27H30N6O3. The lowest BCUT2D eigenvalue weighted by Gasteiger charge is -2.18. The number of methoxy groups -OCH3 is 1. The number of carboxylic acid groups (broad SMARTS) is 1. The summed E-state index contributed by atoms with van der Waals surface area (Å²) < 4.78 is 7.22. The topological polar surface area (TPSA) is 119 Å². The molecule has 0 radical (unpaired) electrons. The number of hydrogen-bond donors (Lipinski definition) is 2. The summed E-state index contributed by atoms with van der Waals surface area (Å²) in [6.45, 7) is 2.51. The number of nitrogens with zero attached hydrogens (tertiary/aromatic N) is 5. The van der Waals surface area contributed by atoms with Crippen molar-refractivity contribution in [2.75, 3.05) is 30.8 Å². The molecule has 2 fully saturated rings. The van der Waals surface area contributed by atoms with E-state index >= 15 is 0 Å². The Labute approximate surface area is 209 Å². The van der Waals surface area contributed by atoms with E-state index in [2.05, 4.69) is 20.0 Å². The minimum atomic E-state index is -0.914. The Morgan fingerprint density at radius 2 is 1.94 bits per heavy atom. The maximum atomic E-state index is 11.4. The summed E-state index contributed by atoms with van der Waals surface area (Å²) in [5, 5.41) is 16.1. The third-order valence-electron chi connectivity index (χ3n) is 6.60. The van der Waals surface area contributed by atoms with Crippen molar-refractivity contribution >= 4 is 28.4 Å². The van der Waals surface area contributed by atoms with Gasteiger partial charge in [0, 0.05) is 54.6 Å². The first-order valence-electron chi connectivity index (χ1n) is 12.2. The summed E-state index contributed by atoms with van der Waals surface area (Å²) in [5.41, 5.74) is 7.55. The number of nitrogen functional groups attached to an aromatic ring is 1. The molecule has 1 saturated carbocycles. The first kappa shape index (κ1) is 23.6. The van der Waals surface area contributed by atoms with Crippen LogP contribution in [0.1, 0.15) is 53.2 Å². The van der Waals surface area contributed by atoms with Crippen LogP contribution in [-0.2, 0) is 6.54 Å². The number of fused-ring (bicyclic) bond motifs is 1. The molecule has 0 unspecified atom stereocenters. The molecule has 3 N–H and O–H groups in total. The molecular weight excluding hydrogens is 456 g/mol. The zero-order valence-corrected chi connectivity index (χ0v) is 20.3. The van der Waals surface area contributed by atoms with Crippen LogP contribution in [0.5, 0.6) is 5.75 Å². The molecule has 9 nitrogen and oxygen atoms in total. The van der Waals surface area contributed by atoms with E-state index in [1.807, 2.05) is 42.6 Å². The Balaban J connectivity index is 0.000000202. The van der Waals surface area contributed by atoms with E-state index < -0.39 is 5.97 Å². The number of anilines is 2. The van der Waals surface area contributed by atoms with Crippen molar-refractivity contribution in [1.29, 1.82) is 0 Å². The fraction of sp³-hybridized carbons (Fsp3) is 0.333. The van der Waals surface area contributed by atoms with E-state index in [4.69, 9.17) is 10.5 Å². The van der Waals surface area contributed by atoms with Gasteiger partial charge in [-0.1, -0.05) is 24.3 Å². The molecule has 1 aliphatic heterocycles. The lowest BCUT2D eigenvalue weighted by Crippen LogP contribution is -2.19. The van der Waals surface area contributed by atoms with Gasteiger partial charge in [0.05, 0.1) is 19.3 Å². The van der Waals surface area contributed by atoms with E-state index in [0.29, 0.717) is 29.5 Å². The SMILES string of the molecule is COc1cc(N2CCCC2)ncc1Cn1cc(C(=O)O)c(C2CC2)n1.Nc1nccc2ccccc12. The smallest absolute Gasteiger partial charge is 0.339 e. The summed E-state index contributed by atoms with van der Waals surface area (Å²) in [6, 6.07) is 11.9. The molecule has 186 valence electrons. The minimum Gasteiger partial charge on any atom is -0.496 e. The quantitative estimate of drug-likeness (QED) is 0.413. The largest absolute Gasteiger partial charge is 0.496 e. The van der Waals surface area contributed by atoms with Crippen LogP contribution in [0.25, 0.3) is 10.8 Å². The third-order valence-corrected chi connectivity index (χ3v) is 6.60. The molecule has 1 saturated heterocycles. The number of pyridine rings is 2. The van der Waals surface area contributed by atoms with Crippen LogP contribution in [0.2, 0.25) is 0 Å². The molecule has 36 heavy (non-hydrogen) atoms. The molecule has 6 rings (SSSR count). The van der Waals surface area contributed by atoms with Crippen LogP contribution in [0.3, 0.4) is 0 Å². The van der Waals surface area contributed by atoms with Crippen LogP contribution in [0.15, 0.2) is 55.0 Å². The van der Waals surface area contributed by atoms with Gasteiger partial charge < -0.3 is 20.5 Å². The van der Waals surface area contributed by atoms with Gasteiger partial charge in [-0.15, -0.1) is 0 Å². The first-order chi connectivity index (χ1) is 17.5. The van der Waals surface area contributed by atoms with Crippen molar-refractivity contribution < 1.29 is 14.6 Å². The van der Waals surface area contributed by atoms with Crippen LogP contribution in [0.4, 0.5) is 11.6 Å². The zero-order valence-electron chi connectivity index (χ0n) is 20.3. The molecule has 0 spiro atoms. The highest BCUT2D eigenvalue weighted by atomic mass is 16.5. The summed E-state index contributed by atoms with van der Waals surface area (Å²) in [5.74, 6) is 1.68. The van der Waals surface area contributed by atoms with Gasteiger partial charge in [0.1, 0.15) is 22.9 Å². The summed E-state index contributed by atoms with van der Waals surface area (Å²) in [6.07, 6.45) is 9.58. The normalized spacial score (nSPS) is 15.0. The van der Waals surface area contributed by atoms with Crippen molar-refractivity contribution in [2.45, 2.75) is 38.1 Å². The number of carbonyl (C=O) groups is 1. The predicted octanol–water partition coefficient (Wildman–Crippen LogP) is 4.33. The van der Waals surface area contributed by atoms with Crippen molar-refractivity contribution in [2.24, 2.45) is 0 Å². The second-order valence-electron chi connectivity index (χ2n) is 9.17. The van der Waals surface area contributed by atoms with Gasteiger partial charge in [-0.2, -0.15) is 5.10 Å². The number of aromatic nitrogens is 4. The van der Waals surface area contributed by atoms with Gasteiger partial charge in [0.2, 0.25) is 0 Å². The predicted molar refractivity (Wildman–Crippen MR) is 139 cm³/mol. The monoisotopic (exact) mass is 486 g/mol. The van der Waals surface area contributed by atoms with Crippen molar-refractivity contribution in [3.8, 4) is 5.75 Å². The number of ether oxygens (including phenoxy) is 1. The van der Waals surface area contributed by atoms with Crippen molar-refractivity contribution in [1.82, 2.24) is 19.7 Å². The molecule has 4 heterocycles. The number of nitrogens with two attached hydrogens (primary N) is 1. The molecule has 4 aromatic rings. The number of hydrogen-bond acceptors (Lipinski definition) is 7. The molecule has 2 aliphatic rings. The lowest BCUT2D eigenvalue weighted by atomic mass is 10.2. The Kier molecular flexibility index (Phi) is 6.71. The molecule has 1 aliphatic carbocycles. The van der Waals surface area contributed by atoms with Gasteiger partial charge in [-0.25, -0.2) is 14.8 Å². The standard InChI is InChI=1S/C18H22N4O3.C9H8N2/c1-25-15-8-16(21-6-2-3-7-21)19-9-13(15)10-22-11-14(18(23)24)17(20-22)12-4-5-12;10-9-8-4-2-1-3-7(8)5-6-11-9/h8-9,11-12H,2-7,10H2,1H3,(H,23,24);1-6H,(H2,10,11). The summed E-state index contributed by atoms with van der Waals surface area (Å²) >= 11 is 0.